The predicted molar refractivity (Wildman–Crippen MR) is 81.5 cm³/mol. The lowest BCUT2D eigenvalue weighted by atomic mass is 9.92. The van der Waals surface area contributed by atoms with Crippen molar-refractivity contribution >= 4 is 17.1 Å². The summed E-state index contributed by atoms with van der Waals surface area (Å²) in [6, 6.07) is 2.15. The normalized spacial score (nSPS) is 25.3. The molecule has 2 aliphatic carbocycles. The van der Waals surface area contributed by atoms with Crippen molar-refractivity contribution in [2.24, 2.45) is 0 Å². The smallest absolute Gasteiger partial charge is 0.253 e. The molecule has 2 heterocycles. The molecule has 6 heteroatoms. The van der Waals surface area contributed by atoms with E-state index in [0.717, 1.165) is 36.8 Å². The second kappa shape index (κ2) is 5.35. The van der Waals surface area contributed by atoms with Gasteiger partial charge in [0.2, 0.25) is 0 Å². The largest absolute Gasteiger partial charge is 0.391 e. The van der Waals surface area contributed by atoms with Crippen molar-refractivity contribution in [2.75, 3.05) is 0 Å². The number of nitrogens with zero attached hydrogens (tertiary/aromatic N) is 3. The van der Waals surface area contributed by atoms with Crippen LogP contribution in [0.25, 0.3) is 11.2 Å². The first-order valence-electron chi connectivity index (χ1n) is 8.04. The fraction of sp³-hybridized carbons (Fsp3) is 0.562. The van der Waals surface area contributed by atoms with Gasteiger partial charge in [-0.25, -0.2) is 9.97 Å². The summed E-state index contributed by atoms with van der Waals surface area (Å²) in [7, 11) is 0. The molecule has 0 aromatic carbocycles. The van der Waals surface area contributed by atoms with E-state index in [-0.39, 0.29) is 11.9 Å². The summed E-state index contributed by atoms with van der Waals surface area (Å²) in [5, 5.41) is 12.9. The molecule has 22 heavy (non-hydrogen) atoms. The van der Waals surface area contributed by atoms with Crippen LogP contribution in [0.5, 0.6) is 0 Å². The number of pyridine rings is 1. The molecule has 0 aliphatic heterocycles. The van der Waals surface area contributed by atoms with Crippen molar-refractivity contribution in [3.05, 3.63) is 24.2 Å². The van der Waals surface area contributed by atoms with E-state index in [4.69, 9.17) is 0 Å². The fourth-order valence-electron chi connectivity index (χ4n) is 3.19. The first-order chi connectivity index (χ1) is 10.7. The number of aliphatic hydroxyl groups excluding tert-OH is 1. The third kappa shape index (κ3) is 2.47. The Bertz CT molecular complexity index is 707. The van der Waals surface area contributed by atoms with Crippen LogP contribution in [-0.2, 0) is 0 Å². The Morgan fingerprint density at radius 1 is 1.23 bits per heavy atom. The third-order valence-corrected chi connectivity index (χ3v) is 4.66. The zero-order valence-electron chi connectivity index (χ0n) is 12.4. The lowest BCUT2D eigenvalue weighted by Crippen LogP contribution is -2.45. The molecule has 2 fully saturated rings. The Labute approximate surface area is 128 Å². The summed E-state index contributed by atoms with van der Waals surface area (Å²) in [5.74, 6) is -0.179. The van der Waals surface area contributed by atoms with Crippen LogP contribution in [0.1, 0.15) is 54.9 Å². The van der Waals surface area contributed by atoms with Crippen molar-refractivity contribution in [1.29, 1.82) is 0 Å². The summed E-state index contributed by atoms with van der Waals surface area (Å²) in [6.45, 7) is 0. The standard InChI is InChI=1S/C16H20N4O2/c21-14-4-2-1-3-12(14)19-16(22)10-7-13-15(17-8-10)20(9-18-13)11-5-6-11/h7-9,11-12,14,21H,1-6H2,(H,19,22)/t12-,14-/m1/s1. The van der Waals surface area contributed by atoms with E-state index < -0.39 is 6.10 Å². The van der Waals surface area contributed by atoms with Crippen molar-refractivity contribution in [2.45, 2.75) is 56.7 Å². The van der Waals surface area contributed by atoms with Gasteiger partial charge >= 0.3 is 0 Å². The van der Waals surface area contributed by atoms with Crippen LogP contribution in [0.2, 0.25) is 0 Å². The summed E-state index contributed by atoms with van der Waals surface area (Å²) >= 11 is 0. The van der Waals surface area contributed by atoms with E-state index in [9.17, 15) is 9.90 Å². The van der Waals surface area contributed by atoms with Crippen LogP contribution < -0.4 is 5.32 Å². The maximum absolute atomic E-state index is 12.4. The molecule has 4 rings (SSSR count). The number of rotatable bonds is 3. The van der Waals surface area contributed by atoms with Gasteiger partial charge in [-0.2, -0.15) is 0 Å². The van der Waals surface area contributed by atoms with Gasteiger partial charge in [-0.15, -0.1) is 0 Å². The maximum atomic E-state index is 12.4. The van der Waals surface area contributed by atoms with Gasteiger partial charge in [0.05, 0.1) is 24.0 Å². The molecule has 2 aromatic heterocycles. The number of hydrogen-bond acceptors (Lipinski definition) is 4. The zero-order chi connectivity index (χ0) is 15.1. The van der Waals surface area contributed by atoms with Crippen LogP contribution in [-0.4, -0.2) is 37.7 Å². The van der Waals surface area contributed by atoms with Gasteiger partial charge < -0.3 is 15.0 Å². The van der Waals surface area contributed by atoms with Crippen molar-refractivity contribution in [3.8, 4) is 0 Å². The number of carbonyl (C=O) groups excluding carboxylic acids is 1. The number of carbonyl (C=O) groups is 1. The molecule has 0 bridgehead atoms. The summed E-state index contributed by atoms with van der Waals surface area (Å²) in [6.07, 6.45) is 8.99. The van der Waals surface area contributed by atoms with Crippen molar-refractivity contribution in [3.63, 3.8) is 0 Å². The predicted octanol–water partition coefficient (Wildman–Crippen LogP) is 1.80. The molecule has 2 aromatic rings. The van der Waals surface area contributed by atoms with Crippen molar-refractivity contribution in [1.82, 2.24) is 19.9 Å². The Hall–Kier alpha value is -1.95. The Kier molecular flexibility index (Phi) is 3.33. The second-order valence-electron chi connectivity index (χ2n) is 6.38. The molecular formula is C16H20N4O2. The maximum Gasteiger partial charge on any atom is 0.253 e. The fourth-order valence-corrected chi connectivity index (χ4v) is 3.19. The minimum atomic E-state index is -0.441. The number of aromatic nitrogens is 3. The molecule has 0 unspecified atom stereocenters. The highest BCUT2D eigenvalue weighted by atomic mass is 16.3. The quantitative estimate of drug-likeness (QED) is 0.906. The molecule has 2 saturated carbocycles. The van der Waals surface area contributed by atoms with E-state index in [2.05, 4.69) is 19.9 Å². The number of fused-ring (bicyclic) bond motifs is 1. The summed E-state index contributed by atoms with van der Waals surface area (Å²) < 4.78 is 2.09. The van der Waals surface area contributed by atoms with Crippen LogP contribution in [0.4, 0.5) is 0 Å². The number of imidazole rings is 1. The van der Waals surface area contributed by atoms with E-state index in [1.165, 1.54) is 12.8 Å². The molecule has 0 radical (unpaired) electrons. The molecule has 116 valence electrons. The molecule has 2 atom stereocenters. The first-order valence-corrected chi connectivity index (χ1v) is 8.04. The minimum Gasteiger partial charge on any atom is -0.391 e. The monoisotopic (exact) mass is 300 g/mol. The van der Waals surface area contributed by atoms with Gasteiger partial charge in [-0.3, -0.25) is 4.79 Å². The highest BCUT2D eigenvalue weighted by Gasteiger charge is 2.27. The summed E-state index contributed by atoms with van der Waals surface area (Å²) in [4.78, 5) is 21.1. The van der Waals surface area contributed by atoms with E-state index in [0.29, 0.717) is 11.6 Å². The molecule has 1 amide bonds. The van der Waals surface area contributed by atoms with Gasteiger partial charge in [0.25, 0.3) is 5.91 Å². The molecule has 2 N–H and O–H groups in total. The SMILES string of the molecule is O=C(N[C@@H]1CCCC[C@H]1O)c1cnc2c(c1)ncn2C1CC1. The van der Waals surface area contributed by atoms with Crippen LogP contribution in [0.3, 0.4) is 0 Å². The summed E-state index contributed by atoms with van der Waals surface area (Å²) in [5.41, 5.74) is 2.10. The van der Waals surface area contributed by atoms with E-state index in [1.54, 1.807) is 12.3 Å². The van der Waals surface area contributed by atoms with Crippen LogP contribution >= 0.6 is 0 Å². The molecular weight excluding hydrogens is 280 g/mol. The van der Waals surface area contributed by atoms with Gasteiger partial charge in [-0.05, 0) is 31.7 Å². The molecule has 0 saturated heterocycles. The molecule has 6 nitrogen and oxygen atoms in total. The Balaban J connectivity index is 1.54. The minimum absolute atomic E-state index is 0.152. The number of nitrogens with one attached hydrogen (secondary N) is 1. The Morgan fingerprint density at radius 2 is 2.05 bits per heavy atom. The first kappa shape index (κ1) is 13.7. The van der Waals surface area contributed by atoms with Gasteiger partial charge in [0.15, 0.2) is 5.65 Å². The Morgan fingerprint density at radius 3 is 2.82 bits per heavy atom. The van der Waals surface area contributed by atoms with Crippen LogP contribution in [0, 0.1) is 0 Å². The number of aliphatic hydroxyl groups is 1. The lowest BCUT2D eigenvalue weighted by Gasteiger charge is -2.28. The average Bonchev–Trinajstić information content (AvgIpc) is 3.28. The topological polar surface area (TPSA) is 80.0 Å². The van der Waals surface area contributed by atoms with E-state index in [1.807, 2.05) is 6.33 Å². The average molecular weight is 300 g/mol. The lowest BCUT2D eigenvalue weighted by molar-refractivity contribution is 0.0717. The molecule has 2 aliphatic rings. The van der Waals surface area contributed by atoms with Gasteiger partial charge in [0.1, 0.15) is 5.52 Å². The van der Waals surface area contributed by atoms with E-state index >= 15 is 0 Å². The second-order valence-corrected chi connectivity index (χ2v) is 6.38. The highest BCUT2D eigenvalue weighted by Crippen LogP contribution is 2.36. The van der Waals surface area contributed by atoms with Crippen molar-refractivity contribution < 1.29 is 9.90 Å². The third-order valence-electron chi connectivity index (χ3n) is 4.66. The zero-order valence-corrected chi connectivity index (χ0v) is 12.4. The van der Waals surface area contributed by atoms with Crippen LogP contribution in [0.15, 0.2) is 18.6 Å². The van der Waals surface area contributed by atoms with Gasteiger partial charge in [-0.1, -0.05) is 12.8 Å². The number of hydrogen-bond donors (Lipinski definition) is 2. The number of amides is 1. The highest BCUT2D eigenvalue weighted by molar-refractivity contribution is 5.96. The van der Waals surface area contributed by atoms with Gasteiger partial charge in [0, 0.05) is 12.2 Å². The molecule has 0 spiro atoms.